The molecule has 1 aliphatic heterocycles. The largest absolute Gasteiger partial charge is 0.320 e. The van der Waals surface area contributed by atoms with E-state index in [1.54, 1.807) is 0 Å². The molecule has 0 radical (unpaired) electrons. The first-order valence-corrected chi connectivity index (χ1v) is 2.76. The molecule has 1 aliphatic rings. The van der Waals surface area contributed by atoms with Crippen LogP contribution in [0, 0.1) is 0 Å². The van der Waals surface area contributed by atoms with Gasteiger partial charge < -0.3 is 9.47 Å². The summed E-state index contributed by atoms with van der Waals surface area (Å²) in [4.78, 5) is 0. The molecule has 1 fully saturated rings. The van der Waals surface area contributed by atoms with Crippen LogP contribution < -0.4 is 0 Å². The maximum Gasteiger partial charge on any atom is 0.182 e. The van der Waals surface area contributed by atoms with E-state index in [-0.39, 0.29) is 12.6 Å². The average molecular weight is 114 g/mol. The Bertz CT molecular complexity index is 92.7. The molecule has 0 atom stereocenters. The van der Waals surface area contributed by atoms with Gasteiger partial charge in [0, 0.05) is 0 Å². The van der Waals surface area contributed by atoms with E-state index >= 15 is 0 Å². The van der Waals surface area contributed by atoms with E-state index in [4.69, 9.17) is 9.47 Å². The molecule has 0 unspecified atom stereocenters. The Kier molecular flexibility index (Phi) is 1.65. The van der Waals surface area contributed by atoms with Crippen LogP contribution in [0.4, 0.5) is 0 Å². The quantitative estimate of drug-likeness (QED) is 0.478. The number of ether oxygens (including phenoxy) is 2. The topological polar surface area (TPSA) is 18.5 Å². The zero-order chi connectivity index (χ0) is 5.98. The van der Waals surface area contributed by atoms with Crippen LogP contribution in [0.15, 0.2) is 12.2 Å². The van der Waals surface area contributed by atoms with Crippen molar-refractivity contribution in [3.63, 3.8) is 0 Å². The van der Waals surface area contributed by atoms with Gasteiger partial charge in [-0.2, -0.15) is 0 Å². The zero-order valence-electron chi connectivity index (χ0n) is 5.13. The Balaban J connectivity index is 2.15. The minimum absolute atomic E-state index is 0.00352. The van der Waals surface area contributed by atoms with Crippen molar-refractivity contribution >= 4 is 0 Å². The van der Waals surface area contributed by atoms with Gasteiger partial charge in [-0.05, 0) is 19.9 Å². The predicted octanol–water partition coefficient (Wildman–Crippen LogP) is 1.28. The maximum atomic E-state index is 5.07. The van der Waals surface area contributed by atoms with Crippen LogP contribution in [0.2, 0.25) is 0 Å². The van der Waals surface area contributed by atoms with Crippen molar-refractivity contribution in [3.05, 3.63) is 12.2 Å². The van der Waals surface area contributed by atoms with Crippen LogP contribution >= 0.6 is 0 Å². The molecule has 2 nitrogen and oxygen atoms in total. The first kappa shape index (κ1) is 5.79. The highest BCUT2D eigenvalue weighted by Crippen LogP contribution is 2.15. The number of hydrogen-bond donors (Lipinski definition) is 0. The zero-order valence-corrected chi connectivity index (χ0v) is 5.13. The molecule has 0 N–H and O–H groups in total. The summed E-state index contributed by atoms with van der Waals surface area (Å²) in [6, 6.07) is 0. The summed E-state index contributed by atoms with van der Waals surface area (Å²) in [5.41, 5.74) is 0. The van der Waals surface area contributed by atoms with Gasteiger partial charge in [0.15, 0.2) is 12.6 Å². The van der Waals surface area contributed by atoms with Gasteiger partial charge in [-0.1, -0.05) is 6.08 Å². The molecule has 0 aliphatic carbocycles. The first-order chi connectivity index (χ1) is 3.83. The van der Waals surface area contributed by atoms with Crippen molar-refractivity contribution in [1.29, 1.82) is 0 Å². The Morgan fingerprint density at radius 1 is 1.38 bits per heavy atom. The molecule has 8 heavy (non-hydrogen) atoms. The molecule has 1 rings (SSSR count). The Morgan fingerprint density at radius 3 is 2.38 bits per heavy atom. The van der Waals surface area contributed by atoms with Crippen LogP contribution in [-0.2, 0) is 9.47 Å². The van der Waals surface area contributed by atoms with Crippen LogP contribution in [0.3, 0.4) is 0 Å². The smallest absolute Gasteiger partial charge is 0.182 e. The second-order valence-corrected chi connectivity index (χ2v) is 1.73. The fourth-order valence-electron chi connectivity index (χ4n) is 0.636. The molecule has 1 heterocycles. The van der Waals surface area contributed by atoms with E-state index in [0.29, 0.717) is 0 Å². The third kappa shape index (κ3) is 1.08. The molecule has 1 saturated heterocycles. The molecule has 0 saturated carbocycles. The van der Waals surface area contributed by atoms with Crippen LogP contribution in [0.5, 0.6) is 0 Å². The lowest BCUT2D eigenvalue weighted by Crippen LogP contribution is -2.36. The number of allylic oxidation sites excluding steroid dienone is 1. The summed E-state index contributed by atoms with van der Waals surface area (Å²) in [5, 5.41) is 0. The van der Waals surface area contributed by atoms with Gasteiger partial charge in [-0.3, -0.25) is 0 Å². The summed E-state index contributed by atoms with van der Waals surface area (Å²) in [5.74, 6) is 0. The first-order valence-electron chi connectivity index (χ1n) is 2.76. The van der Waals surface area contributed by atoms with Gasteiger partial charge in [-0.15, -0.1) is 0 Å². The minimum Gasteiger partial charge on any atom is -0.320 e. The van der Waals surface area contributed by atoms with Gasteiger partial charge in [0.05, 0.1) is 0 Å². The minimum atomic E-state index is -0.0741. The molecule has 46 valence electrons. The van der Waals surface area contributed by atoms with Crippen molar-refractivity contribution in [2.24, 2.45) is 0 Å². The monoisotopic (exact) mass is 114 g/mol. The van der Waals surface area contributed by atoms with Gasteiger partial charge in [0.2, 0.25) is 0 Å². The van der Waals surface area contributed by atoms with Gasteiger partial charge in [0.25, 0.3) is 0 Å². The van der Waals surface area contributed by atoms with Crippen molar-refractivity contribution < 1.29 is 9.47 Å². The lowest BCUT2D eigenvalue weighted by atomic mass is 10.4. The Labute approximate surface area is 49.1 Å². The van der Waals surface area contributed by atoms with E-state index < -0.39 is 0 Å². The van der Waals surface area contributed by atoms with Gasteiger partial charge in [-0.25, -0.2) is 0 Å². The van der Waals surface area contributed by atoms with Gasteiger partial charge in [0.1, 0.15) is 0 Å². The average Bonchev–Trinajstić information content (AvgIpc) is 1.64. The fraction of sp³-hybridized carbons (Fsp3) is 0.667. The fourth-order valence-corrected chi connectivity index (χ4v) is 0.636. The van der Waals surface area contributed by atoms with E-state index in [9.17, 15) is 0 Å². The van der Waals surface area contributed by atoms with Crippen LogP contribution in [0.25, 0.3) is 0 Å². The van der Waals surface area contributed by atoms with Crippen molar-refractivity contribution in [1.82, 2.24) is 0 Å². The maximum absolute atomic E-state index is 5.07. The molecule has 0 spiro atoms. The molecule has 0 bridgehead atoms. The Hall–Kier alpha value is -0.340. The summed E-state index contributed by atoms with van der Waals surface area (Å²) in [6.45, 7) is 3.82. The van der Waals surface area contributed by atoms with Crippen LogP contribution in [-0.4, -0.2) is 12.6 Å². The SMILES string of the molecule is C/C=C/C1OC(C)O1. The van der Waals surface area contributed by atoms with Crippen molar-refractivity contribution in [2.75, 3.05) is 0 Å². The molecule has 0 amide bonds. The number of hydrogen-bond acceptors (Lipinski definition) is 2. The van der Waals surface area contributed by atoms with E-state index in [2.05, 4.69) is 0 Å². The molecular formula is C6H10O2. The summed E-state index contributed by atoms with van der Waals surface area (Å²) < 4.78 is 10.1. The highest BCUT2D eigenvalue weighted by Gasteiger charge is 2.22. The molecule has 0 aromatic heterocycles. The normalized spacial score (nSPS) is 37.8. The van der Waals surface area contributed by atoms with Crippen molar-refractivity contribution in [2.45, 2.75) is 26.4 Å². The third-order valence-corrected chi connectivity index (χ3v) is 1.00. The predicted molar refractivity (Wildman–Crippen MR) is 30.2 cm³/mol. The van der Waals surface area contributed by atoms with E-state index in [1.807, 2.05) is 26.0 Å². The third-order valence-electron chi connectivity index (χ3n) is 1.00. The molecule has 2 heteroatoms. The van der Waals surface area contributed by atoms with E-state index in [1.165, 1.54) is 0 Å². The summed E-state index contributed by atoms with van der Waals surface area (Å²) in [7, 11) is 0. The van der Waals surface area contributed by atoms with Crippen molar-refractivity contribution in [3.8, 4) is 0 Å². The standard InChI is InChI=1S/C6H10O2/c1-3-4-6-7-5(2)8-6/h3-6H,1-2H3/b4-3+. The summed E-state index contributed by atoms with van der Waals surface area (Å²) in [6.07, 6.45) is 3.71. The molecular weight excluding hydrogens is 104 g/mol. The lowest BCUT2D eigenvalue weighted by molar-refractivity contribution is -0.354. The molecule has 0 aromatic carbocycles. The van der Waals surface area contributed by atoms with E-state index in [0.717, 1.165) is 0 Å². The van der Waals surface area contributed by atoms with Gasteiger partial charge >= 0.3 is 0 Å². The highest BCUT2D eigenvalue weighted by atomic mass is 16.9. The second kappa shape index (κ2) is 2.29. The number of rotatable bonds is 1. The van der Waals surface area contributed by atoms with Crippen LogP contribution in [0.1, 0.15) is 13.8 Å². The molecule has 0 aromatic rings. The Morgan fingerprint density at radius 2 is 2.00 bits per heavy atom. The lowest BCUT2D eigenvalue weighted by Gasteiger charge is -2.31. The highest BCUT2D eigenvalue weighted by molar-refractivity contribution is 4.84. The summed E-state index contributed by atoms with van der Waals surface area (Å²) >= 11 is 0. The second-order valence-electron chi connectivity index (χ2n) is 1.73.